The summed E-state index contributed by atoms with van der Waals surface area (Å²) < 4.78 is 0. The molecule has 0 heterocycles. The molecule has 1 N–H and O–H groups in total. The lowest BCUT2D eigenvalue weighted by Gasteiger charge is -2.23. The molecule has 1 aromatic rings. The minimum atomic E-state index is 0.811. The van der Waals surface area contributed by atoms with Crippen LogP contribution in [0.5, 0.6) is 0 Å². The van der Waals surface area contributed by atoms with Crippen LogP contribution in [0.15, 0.2) is 24.3 Å². The number of aryl methyl sites for hydroxylation is 1. The van der Waals surface area contributed by atoms with Crippen molar-refractivity contribution in [2.45, 2.75) is 27.2 Å². The average molecular weight is 236 g/mol. The molecule has 0 atom stereocenters. The van der Waals surface area contributed by atoms with E-state index >= 15 is 0 Å². The summed E-state index contributed by atoms with van der Waals surface area (Å²) in [6, 6.07) is 8.30. The zero-order valence-corrected chi connectivity index (χ0v) is 11.1. The maximum absolute atomic E-state index is 5.38. The van der Waals surface area contributed by atoms with Gasteiger partial charge in [0.2, 0.25) is 0 Å². The number of hydrogen-bond acceptors (Lipinski definition) is 1. The van der Waals surface area contributed by atoms with E-state index in [4.69, 9.17) is 12.2 Å². The monoisotopic (exact) mass is 236 g/mol. The van der Waals surface area contributed by atoms with Crippen molar-refractivity contribution in [3.05, 3.63) is 29.8 Å². The molecule has 0 aromatic heterocycles. The molecule has 3 heteroatoms. The van der Waals surface area contributed by atoms with Gasteiger partial charge < -0.3 is 10.2 Å². The molecule has 0 amide bonds. The quantitative estimate of drug-likeness (QED) is 0.808. The van der Waals surface area contributed by atoms with Crippen LogP contribution in [0, 0.1) is 0 Å². The van der Waals surface area contributed by atoms with Crippen molar-refractivity contribution in [2.75, 3.05) is 18.4 Å². The average Bonchev–Trinajstić information content (AvgIpc) is 2.31. The number of nitrogens with zero attached hydrogens (tertiary/aromatic N) is 1. The lowest BCUT2D eigenvalue weighted by Crippen LogP contribution is -2.34. The van der Waals surface area contributed by atoms with Gasteiger partial charge in [-0.3, -0.25) is 0 Å². The third-order valence-electron chi connectivity index (χ3n) is 2.69. The molecule has 0 aliphatic heterocycles. The van der Waals surface area contributed by atoms with E-state index in [9.17, 15) is 0 Å². The Kier molecular flexibility index (Phi) is 5.26. The van der Waals surface area contributed by atoms with Gasteiger partial charge in [0.25, 0.3) is 0 Å². The molecule has 0 bridgehead atoms. The molecule has 16 heavy (non-hydrogen) atoms. The molecule has 1 rings (SSSR count). The summed E-state index contributed by atoms with van der Waals surface area (Å²) in [6.07, 6.45) is 1.02. The normalized spacial score (nSPS) is 9.94. The number of benzene rings is 1. The molecule has 0 unspecified atom stereocenters. The Bertz CT molecular complexity index is 346. The molecule has 0 saturated carbocycles. The van der Waals surface area contributed by atoms with Gasteiger partial charge in [0, 0.05) is 18.8 Å². The van der Waals surface area contributed by atoms with E-state index in [0.717, 1.165) is 30.3 Å². The summed E-state index contributed by atoms with van der Waals surface area (Å²) in [5, 5.41) is 4.13. The Balaban J connectivity index is 2.76. The van der Waals surface area contributed by atoms with Crippen molar-refractivity contribution in [1.29, 1.82) is 0 Å². The highest BCUT2D eigenvalue weighted by atomic mass is 32.1. The number of para-hydroxylation sites is 1. The Morgan fingerprint density at radius 2 is 1.81 bits per heavy atom. The van der Waals surface area contributed by atoms with E-state index in [2.05, 4.69) is 49.2 Å². The first kappa shape index (κ1) is 13.0. The number of rotatable bonds is 4. The molecular weight excluding hydrogens is 216 g/mol. The fourth-order valence-electron chi connectivity index (χ4n) is 1.66. The van der Waals surface area contributed by atoms with Gasteiger partial charge >= 0.3 is 0 Å². The van der Waals surface area contributed by atoms with Gasteiger partial charge in [0.15, 0.2) is 5.11 Å². The van der Waals surface area contributed by atoms with Gasteiger partial charge in [-0.25, -0.2) is 0 Å². The fraction of sp³-hybridized carbons (Fsp3) is 0.462. The molecule has 0 radical (unpaired) electrons. The van der Waals surface area contributed by atoms with Crippen LogP contribution in [0.3, 0.4) is 0 Å². The molecule has 88 valence electrons. The highest BCUT2D eigenvalue weighted by molar-refractivity contribution is 7.80. The Morgan fingerprint density at radius 3 is 2.38 bits per heavy atom. The zero-order chi connectivity index (χ0) is 12.0. The second-order valence-corrected chi connectivity index (χ2v) is 4.00. The molecule has 2 nitrogen and oxygen atoms in total. The topological polar surface area (TPSA) is 15.3 Å². The minimum absolute atomic E-state index is 0.811. The molecule has 0 fully saturated rings. The molecule has 0 spiro atoms. The van der Waals surface area contributed by atoms with Crippen LogP contribution in [-0.2, 0) is 6.42 Å². The smallest absolute Gasteiger partial charge is 0.173 e. The van der Waals surface area contributed by atoms with Gasteiger partial charge in [0.05, 0.1) is 0 Å². The zero-order valence-electron chi connectivity index (χ0n) is 10.3. The van der Waals surface area contributed by atoms with E-state index in [1.54, 1.807) is 0 Å². The van der Waals surface area contributed by atoms with Crippen LogP contribution in [0.25, 0.3) is 0 Å². The van der Waals surface area contributed by atoms with E-state index in [1.165, 1.54) is 5.56 Å². The van der Waals surface area contributed by atoms with Crippen molar-refractivity contribution in [1.82, 2.24) is 4.90 Å². The van der Waals surface area contributed by atoms with Gasteiger partial charge in [-0.15, -0.1) is 0 Å². The number of anilines is 1. The highest BCUT2D eigenvalue weighted by Gasteiger charge is 2.06. The first-order valence-electron chi connectivity index (χ1n) is 5.86. The third-order valence-corrected chi connectivity index (χ3v) is 3.05. The molecule has 0 saturated heterocycles. The van der Waals surface area contributed by atoms with Crippen LogP contribution in [-0.4, -0.2) is 23.1 Å². The van der Waals surface area contributed by atoms with Gasteiger partial charge in [0.1, 0.15) is 0 Å². The predicted octanol–water partition coefficient (Wildman–Crippen LogP) is 3.29. The Hall–Kier alpha value is -1.09. The number of hydrogen-bond donors (Lipinski definition) is 1. The Morgan fingerprint density at radius 1 is 1.19 bits per heavy atom. The fourth-order valence-corrected chi connectivity index (χ4v) is 2.02. The summed E-state index contributed by atoms with van der Waals surface area (Å²) in [4.78, 5) is 2.14. The van der Waals surface area contributed by atoms with E-state index in [0.29, 0.717) is 0 Å². The summed E-state index contributed by atoms with van der Waals surface area (Å²) >= 11 is 5.38. The molecule has 0 aliphatic carbocycles. The first-order valence-corrected chi connectivity index (χ1v) is 6.27. The van der Waals surface area contributed by atoms with E-state index in [1.807, 2.05) is 6.07 Å². The van der Waals surface area contributed by atoms with Gasteiger partial charge in [-0.1, -0.05) is 25.1 Å². The van der Waals surface area contributed by atoms with Crippen molar-refractivity contribution in [3.63, 3.8) is 0 Å². The summed E-state index contributed by atoms with van der Waals surface area (Å²) in [7, 11) is 0. The molecular formula is C13H20N2S. The van der Waals surface area contributed by atoms with Gasteiger partial charge in [-0.2, -0.15) is 0 Å². The van der Waals surface area contributed by atoms with E-state index in [-0.39, 0.29) is 0 Å². The second-order valence-electron chi connectivity index (χ2n) is 3.61. The van der Waals surface area contributed by atoms with Crippen molar-refractivity contribution in [2.24, 2.45) is 0 Å². The molecule has 1 aromatic carbocycles. The number of thiocarbonyl (C=S) groups is 1. The maximum atomic E-state index is 5.38. The maximum Gasteiger partial charge on any atom is 0.173 e. The largest absolute Gasteiger partial charge is 0.350 e. The Labute approximate surface area is 104 Å². The summed E-state index contributed by atoms with van der Waals surface area (Å²) in [5.74, 6) is 0. The second kappa shape index (κ2) is 6.48. The van der Waals surface area contributed by atoms with Crippen LogP contribution in [0.1, 0.15) is 26.3 Å². The van der Waals surface area contributed by atoms with E-state index < -0.39 is 0 Å². The van der Waals surface area contributed by atoms with Crippen molar-refractivity contribution in [3.8, 4) is 0 Å². The lowest BCUT2D eigenvalue weighted by atomic mass is 10.1. The summed E-state index contributed by atoms with van der Waals surface area (Å²) in [6.45, 7) is 8.26. The van der Waals surface area contributed by atoms with Crippen LogP contribution >= 0.6 is 12.2 Å². The first-order chi connectivity index (χ1) is 7.72. The predicted molar refractivity (Wildman–Crippen MR) is 75.0 cm³/mol. The number of nitrogens with one attached hydrogen (secondary N) is 1. The van der Waals surface area contributed by atoms with Gasteiger partial charge in [-0.05, 0) is 44.1 Å². The van der Waals surface area contributed by atoms with Crippen molar-refractivity contribution >= 4 is 23.0 Å². The summed E-state index contributed by atoms with van der Waals surface area (Å²) in [5.41, 5.74) is 2.43. The van der Waals surface area contributed by atoms with Crippen LogP contribution < -0.4 is 5.32 Å². The van der Waals surface area contributed by atoms with Crippen molar-refractivity contribution < 1.29 is 0 Å². The van der Waals surface area contributed by atoms with Crippen LogP contribution in [0.2, 0.25) is 0 Å². The molecule has 0 aliphatic rings. The minimum Gasteiger partial charge on any atom is -0.350 e. The standard InChI is InChI=1S/C13H20N2S/c1-4-11-9-7-8-10-12(11)14-13(16)15(5-2)6-3/h7-10H,4-6H2,1-3H3,(H,14,16). The van der Waals surface area contributed by atoms with Crippen LogP contribution in [0.4, 0.5) is 5.69 Å². The third kappa shape index (κ3) is 3.20. The highest BCUT2D eigenvalue weighted by Crippen LogP contribution is 2.15. The lowest BCUT2D eigenvalue weighted by molar-refractivity contribution is 0.473. The SMILES string of the molecule is CCc1ccccc1NC(=S)N(CC)CC.